The van der Waals surface area contributed by atoms with Gasteiger partial charge in [-0.1, -0.05) is 13.8 Å². The van der Waals surface area contributed by atoms with E-state index in [1.807, 2.05) is 0 Å². The Morgan fingerprint density at radius 3 is 3.05 bits per heavy atom. The maximum Gasteiger partial charge on any atom is 0.0897 e. The van der Waals surface area contributed by atoms with Crippen molar-refractivity contribution in [2.45, 2.75) is 38.8 Å². The molecule has 1 N–H and O–H groups in total. The van der Waals surface area contributed by atoms with E-state index in [1.54, 1.807) is 11.3 Å². The minimum absolute atomic E-state index is 0.279. The fraction of sp³-hybridized carbons (Fsp3) is 0.733. The van der Waals surface area contributed by atoms with Gasteiger partial charge in [-0.15, -0.1) is 0 Å². The average Bonchev–Trinajstić information content (AvgIpc) is 2.94. The van der Waals surface area contributed by atoms with Crippen LogP contribution in [0.2, 0.25) is 0 Å². The Kier molecular flexibility index (Phi) is 6.31. The zero-order valence-corrected chi connectivity index (χ0v) is 12.9. The number of morpholine rings is 1. The molecule has 2 heterocycles. The molecule has 2 atom stereocenters. The highest BCUT2D eigenvalue weighted by Gasteiger charge is 2.28. The third kappa shape index (κ3) is 4.28. The molecule has 0 radical (unpaired) electrons. The lowest BCUT2D eigenvalue weighted by molar-refractivity contribution is -0.0469. The van der Waals surface area contributed by atoms with Gasteiger partial charge in [0.15, 0.2) is 0 Å². The number of rotatable bonds is 7. The first-order valence-electron chi connectivity index (χ1n) is 7.44. The summed E-state index contributed by atoms with van der Waals surface area (Å²) in [7, 11) is 0. The smallest absolute Gasteiger partial charge is 0.0897 e. The first-order chi connectivity index (χ1) is 9.35. The summed E-state index contributed by atoms with van der Waals surface area (Å²) < 4.78 is 6.04. The van der Waals surface area contributed by atoms with Crippen LogP contribution < -0.4 is 5.32 Å². The molecule has 19 heavy (non-hydrogen) atoms. The van der Waals surface area contributed by atoms with Crippen LogP contribution >= 0.6 is 11.3 Å². The molecule has 1 saturated heterocycles. The maximum absolute atomic E-state index is 6.04. The molecule has 2 rings (SSSR count). The van der Waals surface area contributed by atoms with E-state index in [-0.39, 0.29) is 6.10 Å². The van der Waals surface area contributed by atoms with E-state index in [0.717, 1.165) is 32.7 Å². The summed E-state index contributed by atoms with van der Waals surface area (Å²) >= 11 is 1.77. The molecular formula is C15H26N2OS. The molecule has 2 unspecified atom stereocenters. The van der Waals surface area contributed by atoms with Crippen molar-refractivity contribution in [2.75, 3.05) is 32.8 Å². The Morgan fingerprint density at radius 2 is 2.37 bits per heavy atom. The quantitative estimate of drug-likeness (QED) is 0.832. The van der Waals surface area contributed by atoms with Gasteiger partial charge < -0.3 is 10.1 Å². The number of hydrogen-bond donors (Lipinski definition) is 1. The third-order valence-corrected chi connectivity index (χ3v) is 4.31. The SMILES string of the molecule is CCCNC(c1ccsc1)C1CN(CCC)CCO1. The molecule has 1 aliphatic rings. The fourth-order valence-electron chi connectivity index (χ4n) is 2.67. The van der Waals surface area contributed by atoms with E-state index in [9.17, 15) is 0 Å². The van der Waals surface area contributed by atoms with E-state index < -0.39 is 0 Å². The van der Waals surface area contributed by atoms with Crippen LogP contribution in [-0.4, -0.2) is 43.8 Å². The molecular weight excluding hydrogens is 256 g/mol. The van der Waals surface area contributed by atoms with Crippen LogP contribution in [0.3, 0.4) is 0 Å². The van der Waals surface area contributed by atoms with Crippen LogP contribution in [0.1, 0.15) is 38.3 Å². The predicted molar refractivity (Wildman–Crippen MR) is 81.8 cm³/mol. The molecule has 1 aromatic heterocycles. The number of ether oxygens (including phenoxy) is 1. The van der Waals surface area contributed by atoms with E-state index >= 15 is 0 Å². The van der Waals surface area contributed by atoms with Crippen LogP contribution in [0.4, 0.5) is 0 Å². The lowest BCUT2D eigenvalue weighted by atomic mass is 10.0. The van der Waals surface area contributed by atoms with Crippen molar-refractivity contribution in [1.29, 1.82) is 0 Å². The van der Waals surface area contributed by atoms with Crippen molar-refractivity contribution < 1.29 is 4.74 Å². The number of hydrogen-bond acceptors (Lipinski definition) is 4. The Bertz CT molecular complexity index is 340. The van der Waals surface area contributed by atoms with Crippen molar-refractivity contribution >= 4 is 11.3 Å². The van der Waals surface area contributed by atoms with Gasteiger partial charge in [0.25, 0.3) is 0 Å². The van der Waals surface area contributed by atoms with E-state index in [1.165, 1.54) is 18.5 Å². The van der Waals surface area contributed by atoms with Crippen molar-refractivity contribution in [2.24, 2.45) is 0 Å². The first-order valence-corrected chi connectivity index (χ1v) is 8.38. The molecule has 0 bridgehead atoms. The van der Waals surface area contributed by atoms with Crippen LogP contribution in [0, 0.1) is 0 Å². The number of nitrogens with one attached hydrogen (secondary N) is 1. The standard InChI is InChI=1S/C15H26N2OS/c1-3-6-16-15(13-5-10-19-12-13)14-11-17(7-4-2)8-9-18-14/h5,10,12,14-16H,3-4,6-9,11H2,1-2H3. The van der Waals surface area contributed by atoms with Gasteiger partial charge in [0.2, 0.25) is 0 Å². The second kappa shape index (κ2) is 8.00. The average molecular weight is 282 g/mol. The summed E-state index contributed by atoms with van der Waals surface area (Å²) in [5.74, 6) is 0. The Labute approximate surface area is 121 Å². The lowest BCUT2D eigenvalue weighted by Gasteiger charge is -2.37. The molecule has 1 fully saturated rings. The van der Waals surface area contributed by atoms with E-state index in [2.05, 4.69) is 40.9 Å². The van der Waals surface area contributed by atoms with Gasteiger partial charge in [0.05, 0.1) is 18.8 Å². The van der Waals surface area contributed by atoms with Crippen molar-refractivity contribution in [1.82, 2.24) is 10.2 Å². The zero-order valence-electron chi connectivity index (χ0n) is 12.1. The summed E-state index contributed by atoms with van der Waals surface area (Å²) in [6.07, 6.45) is 2.66. The van der Waals surface area contributed by atoms with Gasteiger partial charge in [0.1, 0.15) is 0 Å². The van der Waals surface area contributed by atoms with Gasteiger partial charge >= 0.3 is 0 Å². The van der Waals surface area contributed by atoms with Crippen molar-refractivity contribution in [3.05, 3.63) is 22.4 Å². The minimum atomic E-state index is 0.279. The highest BCUT2D eigenvalue weighted by Crippen LogP contribution is 2.24. The summed E-state index contributed by atoms with van der Waals surface area (Å²) in [4.78, 5) is 2.53. The van der Waals surface area contributed by atoms with E-state index in [0.29, 0.717) is 6.04 Å². The monoisotopic (exact) mass is 282 g/mol. The lowest BCUT2D eigenvalue weighted by Crippen LogP contribution is -2.48. The van der Waals surface area contributed by atoms with Crippen LogP contribution in [-0.2, 0) is 4.74 Å². The van der Waals surface area contributed by atoms with E-state index in [4.69, 9.17) is 4.74 Å². The largest absolute Gasteiger partial charge is 0.374 e. The molecule has 1 aromatic rings. The topological polar surface area (TPSA) is 24.5 Å². The van der Waals surface area contributed by atoms with Crippen molar-refractivity contribution in [3.63, 3.8) is 0 Å². The highest BCUT2D eigenvalue weighted by molar-refractivity contribution is 7.07. The van der Waals surface area contributed by atoms with Crippen LogP contribution in [0.15, 0.2) is 16.8 Å². The summed E-state index contributed by atoms with van der Waals surface area (Å²) in [6, 6.07) is 2.56. The zero-order chi connectivity index (χ0) is 13.5. The second-order valence-electron chi connectivity index (χ2n) is 5.20. The van der Waals surface area contributed by atoms with Gasteiger partial charge in [-0.05, 0) is 48.3 Å². The van der Waals surface area contributed by atoms with Gasteiger partial charge in [-0.3, -0.25) is 4.90 Å². The van der Waals surface area contributed by atoms with Crippen LogP contribution in [0.5, 0.6) is 0 Å². The number of thiophene rings is 1. The third-order valence-electron chi connectivity index (χ3n) is 3.61. The molecule has 0 amide bonds. The van der Waals surface area contributed by atoms with Crippen LogP contribution in [0.25, 0.3) is 0 Å². The predicted octanol–water partition coefficient (Wildman–Crippen LogP) is 2.90. The normalized spacial score (nSPS) is 22.5. The van der Waals surface area contributed by atoms with Gasteiger partial charge in [-0.2, -0.15) is 11.3 Å². The Hall–Kier alpha value is -0.420. The Balaban J connectivity index is 2.00. The Morgan fingerprint density at radius 1 is 1.47 bits per heavy atom. The molecule has 0 saturated carbocycles. The molecule has 0 aliphatic carbocycles. The molecule has 0 aromatic carbocycles. The summed E-state index contributed by atoms with van der Waals surface area (Å²) in [5.41, 5.74) is 1.38. The van der Waals surface area contributed by atoms with Gasteiger partial charge in [0, 0.05) is 13.1 Å². The summed E-state index contributed by atoms with van der Waals surface area (Å²) in [5, 5.41) is 8.06. The second-order valence-corrected chi connectivity index (χ2v) is 5.98. The highest BCUT2D eigenvalue weighted by atomic mass is 32.1. The molecule has 0 spiro atoms. The molecule has 1 aliphatic heterocycles. The first kappa shape index (κ1) is 15.0. The fourth-order valence-corrected chi connectivity index (χ4v) is 3.36. The maximum atomic E-state index is 6.04. The number of nitrogens with zero attached hydrogens (tertiary/aromatic N) is 1. The summed E-state index contributed by atoms with van der Waals surface area (Å²) in [6.45, 7) is 9.68. The molecule has 3 nitrogen and oxygen atoms in total. The van der Waals surface area contributed by atoms with Crippen molar-refractivity contribution in [3.8, 4) is 0 Å². The molecule has 4 heteroatoms. The van der Waals surface area contributed by atoms with Gasteiger partial charge in [-0.25, -0.2) is 0 Å². The minimum Gasteiger partial charge on any atom is -0.374 e. The molecule has 108 valence electrons.